The first-order valence-electron chi connectivity index (χ1n) is 9.76. The van der Waals surface area contributed by atoms with Crippen molar-refractivity contribution in [2.24, 2.45) is 17.4 Å². The first-order valence-corrected chi connectivity index (χ1v) is 9.76. The fraction of sp³-hybridized carbons (Fsp3) is 0.722. The van der Waals surface area contributed by atoms with Gasteiger partial charge in [0, 0.05) is 6.54 Å². The van der Waals surface area contributed by atoms with Crippen LogP contribution in [0.15, 0.2) is 0 Å². The molecule has 0 aromatic carbocycles. The fourth-order valence-corrected chi connectivity index (χ4v) is 3.26. The van der Waals surface area contributed by atoms with Crippen molar-refractivity contribution >= 4 is 29.6 Å². The van der Waals surface area contributed by atoms with Crippen LogP contribution in [0.25, 0.3) is 0 Å². The Morgan fingerprint density at radius 2 is 1.77 bits per heavy atom. The summed E-state index contributed by atoms with van der Waals surface area (Å²) in [5.41, 5.74) is 10.9. The van der Waals surface area contributed by atoms with Gasteiger partial charge in [-0.05, 0) is 25.2 Å². The molecule has 0 aromatic rings. The quantitative estimate of drug-likeness (QED) is 0.203. The van der Waals surface area contributed by atoms with Crippen LogP contribution in [0.3, 0.4) is 0 Å². The van der Waals surface area contributed by atoms with Gasteiger partial charge >= 0.3 is 5.97 Å². The average molecular weight is 429 g/mol. The number of hydrogen-bond acceptors (Lipinski definition) is 7. The van der Waals surface area contributed by atoms with E-state index < -0.39 is 60.9 Å². The Kier molecular flexibility index (Phi) is 9.66. The predicted octanol–water partition coefficient (Wildman–Crippen LogP) is -2.73. The van der Waals surface area contributed by atoms with Crippen LogP contribution in [0.2, 0.25) is 0 Å². The monoisotopic (exact) mass is 429 g/mol. The summed E-state index contributed by atoms with van der Waals surface area (Å²) >= 11 is 0. The number of likely N-dealkylation sites (tertiary alicyclic amines) is 1. The van der Waals surface area contributed by atoms with Gasteiger partial charge in [-0.3, -0.25) is 19.2 Å². The summed E-state index contributed by atoms with van der Waals surface area (Å²) in [4.78, 5) is 61.0. The van der Waals surface area contributed by atoms with Crippen molar-refractivity contribution in [3.8, 4) is 0 Å². The van der Waals surface area contributed by atoms with Gasteiger partial charge in [-0.2, -0.15) is 0 Å². The molecule has 1 aliphatic rings. The van der Waals surface area contributed by atoms with Gasteiger partial charge in [0.2, 0.25) is 23.6 Å². The molecule has 0 radical (unpaired) electrons. The van der Waals surface area contributed by atoms with Gasteiger partial charge < -0.3 is 37.2 Å². The zero-order valence-corrected chi connectivity index (χ0v) is 17.2. The largest absolute Gasteiger partial charge is 0.480 e. The molecule has 1 aliphatic heterocycles. The summed E-state index contributed by atoms with van der Waals surface area (Å²) in [5.74, 6) is -4.25. The first kappa shape index (κ1) is 25.3. The molecule has 8 N–H and O–H groups in total. The number of primary amides is 1. The molecule has 0 aliphatic carbocycles. The van der Waals surface area contributed by atoms with Gasteiger partial charge in [-0.25, -0.2) is 4.79 Å². The van der Waals surface area contributed by atoms with E-state index in [0.717, 1.165) is 0 Å². The van der Waals surface area contributed by atoms with Gasteiger partial charge in [0.25, 0.3) is 0 Å². The average Bonchev–Trinajstić information content (AvgIpc) is 3.13. The smallest absolute Gasteiger partial charge is 0.326 e. The molecule has 1 fully saturated rings. The van der Waals surface area contributed by atoms with Gasteiger partial charge in [0.1, 0.15) is 18.1 Å². The minimum Gasteiger partial charge on any atom is -0.480 e. The molecule has 4 amide bonds. The van der Waals surface area contributed by atoms with Crippen molar-refractivity contribution in [2.75, 3.05) is 13.2 Å². The van der Waals surface area contributed by atoms with E-state index in [-0.39, 0.29) is 11.8 Å². The maximum absolute atomic E-state index is 12.6. The Balaban J connectivity index is 2.79. The standard InChI is InChI=1S/C18H31N5O7/c1-9(2)6-10(19)17(28)23-5-3-4-13(23)16(27)22-12(8-24)15(26)21-11(18(29)30)7-14(20)25/h9-13,24H,3-8,19H2,1-2H3,(H2,20,25)(H,21,26)(H,22,27)(H,29,30). The van der Waals surface area contributed by atoms with Crippen LogP contribution in [0.1, 0.15) is 39.5 Å². The number of hydrogen-bond donors (Lipinski definition) is 6. The van der Waals surface area contributed by atoms with Crippen LogP contribution in [-0.2, 0) is 24.0 Å². The maximum atomic E-state index is 12.6. The Bertz CT molecular complexity index is 669. The molecule has 1 heterocycles. The number of amides is 4. The molecule has 0 aromatic heterocycles. The van der Waals surface area contributed by atoms with Crippen molar-refractivity contribution in [2.45, 2.75) is 63.7 Å². The number of aliphatic hydroxyl groups excluding tert-OH is 1. The van der Waals surface area contributed by atoms with Gasteiger partial charge in [0.05, 0.1) is 19.1 Å². The molecule has 0 spiro atoms. The molecule has 0 bridgehead atoms. The van der Waals surface area contributed by atoms with Crippen molar-refractivity contribution in [3.63, 3.8) is 0 Å². The molecule has 12 nitrogen and oxygen atoms in total. The second-order valence-corrected chi connectivity index (χ2v) is 7.74. The van der Waals surface area contributed by atoms with Gasteiger partial charge in [-0.1, -0.05) is 13.8 Å². The highest BCUT2D eigenvalue weighted by Gasteiger charge is 2.38. The van der Waals surface area contributed by atoms with E-state index in [1.807, 2.05) is 13.8 Å². The molecule has 1 rings (SSSR count). The highest BCUT2D eigenvalue weighted by atomic mass is 16.4. The number of carboxylic acid groups (broad SMARTS) is 1. The van der Waals surface area contributed by atoms with Crippen LogP contribution < -0.4 is 22.1 Å². The number of aliphatic carboxylic acids is 1. The van der Waals surface area contributed by atoms with E-state index in [0.29, 0.717) is 25.8 Å². The van der Waals surface area contributed by atoms with E-state index >= 15 is 0 Å². The Labute approximate surface area is 174 Å². The van der Waals surface area contributed by atoms with Crippen molar-refractivity contribution < 1.29 is 34.2 Å². The minimum atomic E-state index is -1.60. The predicted molar refractivity (Wildman–Crippen MR) is 105 cm³/mol. The highest BCUT2D eigenvalue weighted by molar-refractivity contribution is 5.95. The minimum absolute atomic E-state index is 0.198. The van der Waals surface area contributed by atoms with Crippen molar-refractivity contribution in [3.05, 3.63) is 0 Å². The van der Waals surface area contributed by atoms with Crippen molar-refractivity contribution in [1.29, 1.82) is 0 Å². The summed E-state index contributed by atoms with van der Waals surface area (Å²) in [5, 5.41) is 22.9. The number of carbonyl (C=O) groups is 5. The second-order valence-electron chi connectivity index (χ2n) is 7.74. The third-order valence-corrected chi connectivity index (χ3v) is 4.72. The lowest BCUT2D eigenvalue weighted by Gasteiger charge is -2.28. The molecular weight excluding hydrogens is 398 g/mol. The maximum Gasteiger partial charge on any atom is 0.326 e. The Hall–Kier alpha value is -2.73. The fourth-order valence-electron chi connectivity index (χ4n) is 3.26. The van der Waals surface area contributed by atoms with E-state index in [4.69, 9.17) is 16.6 Å². The first-order chi connectivity index (χ1) is 14.0. The lowest BCUT2D eigenvalue weighted by molar-refractivity contribution is -0.144. The van der Waals surface area contributed by atoms with Crippen LogP contribution in [-0.4, -0.2) is 82.0 Å². The van der Waals surface area contributed by atoms with E-state index in [1.54, 1.807) is 0 Å². The number of nitrogens with one attached hydrogen (secondary N) is 2. The number of carbonyl (C=O) groups excluding carboxylic acids is 4. The SMILES string of the molecule is CC(C)CC(N)C(=O)N1CCCC1C(=O)NC(CO)C(=O)NC(CC(N)=O)C(=O)O. The zero-order chi connectivity index (χ0) is 23.0. The summed E-state index contributed by atoms with van der Waals surface area (Å²) in [6.07, 6.45) is 0.757. The van der Waals surface area contributed by atoms with Crippen LogP contribution in [0.4, 0.5) is 0 Å². The summed E-state index contributed by atoms with van der Waals surface area (Å²) < 4.78 is 0. The summed E-state index contributed by atoms with van der Waals surface area (Å²) in [6.45, 7) is 3.38. The normalized spacial score (nSPS) is 19.1. The third-order valence-electron chi connectivity index (χ3n) is 4.72. The molecule has 170 valence electrons. The van der Waals surface area contributed by atoms with Crippen LogP contribution in [0.5, 0.6) is 0 Å². The lowest BCUT2D eigenvalue weighted by Crippen LogP contribution is -2.58. The number of aliphatic hydroxyl groups is 1. The highest BCUT2D eigenvalue weighted by Crippen LogP contribution is 2.20. The molecule has 30 heavy (non-hydrogen) atoms. The van der Waals surface area contributed by atoms with Gasteiger partial charge in [0.15, 0.2) is 0 Å². The van der Waals surface area contributed by atoms with E-state index in [9.17, 15) is 29.1 Å². The van der Waals surface area contributed by atoms with E-state index in [1.165, 1.54) is 4.90 Å². The lowest BCUT2D eigenvalue weighted by atomic mass is 10.0. The third kappa shape index (κ3) is 7.26. The van der Waals surface area contributed by atoms with Crippen LogP contribution in [0, 0.1) is 5.92 Å². The molecule has 1 saturated heterocycles. The molecule has 4 atom stereocenters. The molecular formula is C18H31N5O7. The number of nitrogens with zero attached hydrogens (tertiary/aromatic N) is 1. The molecule has 0 saturated carbocycles. The number of rotatable bonds is 11. The Morgan fingerprint density at radius 3 is 2.27 bits per heavy atom. The summed E-state index contributed by atoms with van der Waals surface area (Å²) in [7, 11) is 0. The van der Waals surface area contributed by atoms with Crippen LogP contribution >= 0.6 is 0 Å². The second kappa shape index (κ2) is 11.5. The number of nitrogens with two attached hydrogens (primary N) is 2. The van der Waals surface area contributed by atoms with Crippen molar-refractivity contribution in [1.82, 2.24) is 15.5 Å². The molecule has 12 heteroatoms. The Morgan fingerprint density at radius 1 is 1.13 bits per heavy atom. The zero-order valence-electron chi connectivity index (χ0n) is 17.2. The van der Waals surface area contributed by atoms with Gasteiger partial charge in [-0.15, -0.1) is 0 Å². The summed E-state index contributed by atoms with van der Waals surface area (Å²) in [6, 6.07) is -4.66. The van der Waals surface area contributed by atoms with E-state index in [2.05, 4.69) is 10.6 Å². The number of carboxylic acids is 1. The topological polar surface area (TPSA) is 205 Å². The molecule has 4 unspecified atom stereocenters.